The Hall–Kier alpha value is -1.43. The highest BCUT2D eigenvalue weighted by Gasteiger charge is 2.28. The highest BCUT2D eigenvalue weighted by atomic mass is 79.9. The zero-order valence-electron chi connectivity index (χ0n) is 10.2. The molecule has 4 nitrogen and oxygen atoms in total. The number of carbonyl (C=O) groups is 1. The van der Waals surface area contributed by atoms with Crippen LogP contribution in [0.3, 0.4) is 0 Å². The molecule has 0 aromatic heterocycles. The molecule has 0 spiro atoms. The fourth-order valence-electron chi connectivity index (χ4n) is 1.90. The first-order chi connectivity index (χ1) is 9.06. The Morgan fingerprint density at radius 2 is 1.89 bits per heavy atom. The third-order valence-corrected chi connectivity index (χ3v) is 3.84. The van der Waals surface area contributed by atoms with Crippen molar-refractivity contribution in [2.45, 2.75) is 12.2 Å². The zero-order valence-corrected chi connectivity index (χ0v) is 11.8. The molecule has 2 rings (SSSR count). The fraction of sp³-hybridized carbons (Fsp3) is 0.214. The maximum absolute atomic E-state index is 11.3. The van der Waals surface area contributed by atoms with Crippen LogP contribution in [-0.4, -0.2) is 29.4 Å². The summed E-state index contributed by atoms with van der Waals surface area (Å²) in [6.07, 6.45) is -2.95. The smallest absolute Gasteiger partial charge is 0.337 e. The number of benzene rings is 2. The molecule has 0 radical (unpaired) electrons. The number of halogens is 1. The van der Waals surface area contributed by atoms with Gasteiger partial charge in [-0.2, -0.15) is 0 Å². The molecule has 0 amide bonds. The molecule has 0 bridgehead atoms. The number of rotatable bonds is 3. The van der Waals surface area contributed by atoms with Gasteiger partial charge in [0, 0.05) is 4.47 Å². The van der Waals surface area contributed by atoms with Crippen LogP contribution < -0.4 is 0 Å². The molecule has 2 aromatic carbocycles. The van der Waals surface area contributed by atoms with E-state index in [-0.39, 0.29) is 0 Å². The van der Waals surface area contributed by atoms with Crippen molar-refractivity contribution in [1.82, 2.24) is 0 Å². The summed E-state index contributed by atoms with van der Waals surface area (Å²) in [4.78, 5) is 11.3. The summed E-state index contributed by atoms with van der Waals surface area (Å²) >= 11 is 3.40. The van der Waals surface area contributed by atoms with E-state index in [0.717, 1.165) is 17.9 Å². The van der Waals surface area contributed by atoms with Gasteiger partial charge in [-0.15, -0.1) is 0 Å². The normalized spacial score (nSPS) is 14.1. The minimum absolute atomic E-state index is 0.441. The number of methoxy groups -OCH3 is 1. The quantitative estimate of drug-likeness (QED) is 0.849. The van der Waals surface area contributed by atoms with E-state index in [2.05, 4.69) is 20.7 Å². The van der Waals surface area contributed by atoms with Gasteiger partial charge in [-0.05, 0) is 32.3 Å². The summed E-state index contributed by atoms with van der Waals surface area (Å²) in [6, 6.07) is 11.1. The van der Waals surface area contributed by atoms with Crippen LogP contribution in [0.4, 0.5) is 0 Å². The lowest BCUT2D eigenvalue weighted by molar-refractivity contribution is -0.156. The number of fused-ring (bicyclic) bond motifs is 1. The van der Waals surface area contributed by atoms with Crippen molar-refractivity contribution in [3.63, 3.8) is 0 Å². The highest BCUT2D eigenvalue weighted by molar-refractivity contribution is 9.10. The molecule has 2 unspecified atom stereocenters. The van der Waals surface area contributed by atoms with Crippen LogP contribution in [-0.2, 0) is 9.53 Å². The summed E-state index contributed by atoms with van der Waals surface area (Å²) in [5, 5.41) is 21.6. The van der Waals surface area contributed by atoms with E-state index >= 15 is 0 Å². The van der Waals surface area contributed by atoms with Crippen LogP contribution in [0.2, 0.25) is 0 Å². The van der Waals surface area contributed by atoms with E-state index in [1.54, 1.807) is 6.07 Å². The van der Waals surface area contributed by atoms with Crippen LogP contribution in [0.1, 0.15) is 11.7 Å². The summed E-state index contributed by atoms with van der Waals surface area (Å²) in [7, 11) is 1.16. The van der Waals surface area contributed by atoms with E-state index in [0.29, 0.717) is 10.0 Å². The summed E-state index contributed by atoms with van der Waals surface area (Å²) in [5.74, 6) is -0.868. The van der Waals surface area contributed by atoms with Gasteiger partial charge >= 0.3 is 5.97 Å². The first kappa shape index (κ1) is 14.0. The third-order valence-electron chi connectivity index (χ3n) is 2.95. The Morgan fingerprint density at radius 3 is 2.58 bits per heavy atom. The van der Waals surface area contributed by atoms with E-state index in [1.807, 2.05) is 30.3 Å². The molecule has 5 heteroatoms. The Labute approximate surface area is 118 Å². The summed E-state index contributed by atoms with van der Waals surface area (Å²) in [5.41, 5.74) is 0.441. The standard InChI is InChI=1S/C14H13BrO4/c1-19-14(18)13(17)12(16)10-7-6-8-4-2-3-5-9(8)11(10)15/h2-7,12-13,16-17H,1H3. The summed E-state index contributed by atoms with van der Waals surface area (Å²) < 4.78 is 5.07. The number of aliphatic hydroxyl groups is 2. The molecule has 0 saturated heterocycles. The first-order valence-corrected chi connectivity index (χ1v) is 6.46. The van der Waals surface area contributed by atoms with Crippen molar-refractivity contribution in [3.8, 4) is 0 Å². The Bertz CT molecular complexity index is 611. The maximum atomic E-state index is 11.3. The van der Waals surface area contributed by atoms with Gasteiger partial charge in [0.1, 0.15) is 6.10 Å². The fourth-order valence-corrected chi connectivity index (χ4v) is 2.63. The van der Waals surface area contributed by atoms with Crippen molar-refractivity contribution < 1.29 is 19.7 Å². The number of ether oxygens (including phenoxy) is 1. The number of carbonyl (C=O) groups excluding carboxylic acids is 1. The number of hydrogen-bond acceptors (Lipinski definition) is 4. The second-order valence-corrected chi connectivity index (χ2v) is 4.90. The van der Waals surface area contributed by atoms with E-state index in [4.69, 9.17) is 0 Å². The lowest BCUT2D eigenvalue weighted by Crippen LogP contribution is -2.29. The molecule has 2 aromatic rings. The zero-order chi connectivity index (χ0) is 14.0. The van der Waals surface area contributed by atoms with Gasteiger partial charge < -0.3 is 14.9 Å². The van der Waals surface area contributed by atoms with Crippen molar-refractivity contribution in [3.05, 3.63) is 46.4 Å². The van der Waals surface area contributed by atoms with Crippen LogP contribution in [0, 0.1) is 0 Å². The first-order valence-electron chi connectivity index (χ1n) is 5.67. The van der Waals surface area contributed by atoms with Crippen LogP contribution in [0.15, 0.2) is 40.9 Å². The number of hydrogen-bond donors (Lipinski definition) is 2. The lowest BCUT2D eigenvalue weighted by Gasteiger charge is -2.18. The molecule has 0 aliphatic heterocycles. The number of esters is 1. The van der Waals surface area contributed by atoms with Gasteiger partial charge in [-0.3, -0.25) is 0 Å². The highest BCUT2D eigenvalue weighted by Crippen LogP contribution is 2.32. The molecule has 100 valence electrons. The largest absolute Gasteiger partial charge is 0.467 e. The van der Waals surface area contributed by atoms with Crippen LogP contribution in [0.5, 0.6) is 0 Å². The molecular formula is C14H13BrO4. The lowest BCUT2D eigenvalue weighted by atomic mass is 10.0. The Balaban J connectivity index is 2.45. The molecule has 19 heavy (non-hydrogen) atoms. The predicted octanol–water partition coefficient (Wildman–Crippen LogP) is 2.17. The van der Waals surface area contributed by atoms with E-state index in [9.17, 15) is 15.0 Å². The van der Waals surface area contributed by atoms with Crippen LogP contribution >= 0.6 is 15.9 Å². The molecule has 0 saturated carbocycles. The van der Waals surface area contributed by atoms with E-state index in [1.165, 1.54) is 0 Å². The second kappa shape index (κ2) is 5.69. The van der Waals surface area contributed by atoms with Gasteiger partial charge in [0.2, 0.25) is 0 Å². The average molecular weight is 325 g/mol. The van der Waals surface area contributed by atoms with Gasteiger partial charge in [0.25, 0.3) is 0 Å². The van der Waals surface area contributed by atoms with Crippen molar-refractivity contribution in [1.29, 1.82) is 0 Å². The minimum Gasteiger partial charge on any atom is -0.467 e. The maximum Gasteiger partial charge on any atom is 0.337 e. The molecule has 0 aliphatic rings. The topological polar surface area (TPSA) is 66.8 Å². The number of aliphatic hydroxyl groups excluding tert-OH is 2. The third kappa shape index (κ3) is 2.63. The predicted molar refractivity (Wildman–Crippen MR) is 74.6 cm³/mol. The monoisotopic (exact) mass is 324 g/mol. The van der Waals surface area contributed by atoms with E-state index < -0.39 is 18.2 Å². The SMILES string of the molecule is COC(=O)C(O)C(O)c1ccc2ccccc2c1Br. The molecule has 0 aliphatic carbocycles. The van der Waals surface area contributed by atoms with Crippen molar-refractivity contribution in [2.24, 2.45) is 0 Å². The van der Waals surface area contributed by atoms with Gasteiger partial charge in [0.15, 0.2) is 6.10 Å². The summed E-state index contributed by atoms with van der Waals surface area (Å²) in [6.45, 7) is 0. The second-order valence-electron chi connectivity index (χ2n) is 4.10. The van der Waals surface area contributed by atoms with Crippen molar-refractivity contribution >= 4 is 32.7 Å². The van der Waals surface area contributed by atoms with Gasteiger partial charge in [-0.1, -0.05) is 36.4 Å². The molecule has 0 heterocycles. The van der Waals surface area contributed by atoms with Crippen molar-refractivity contribution in [2.75, 3.05) is 7.11 Å². The molecular weight excluding hydrogens is 312 g/mol. The van der Waals surface area contributed by atoms with Gasteiger partial charge in [0.05, 0.1) is 7.11 Å². The molecule has 2 N–H and O–H groups in total. The molecule has 0 fully saturated rings. The Morgan fingerprint density at radius 1 is 1.21 bits per heavy atom. The average Bonchev–Trinajstić information content (AvgIpc) is 2.45. The van der Waals surface area contributed by atoms with Gasteiger partial charge in [-0.25, -0.2) is 4.79 Å². The Kier molecular flexibility index (Phi) is 4.19. The minimum atomic E-state index is -1.61. The van der Waals surface area contributed by atoms with Crippen LogP contribution in [0.25, 0.3) is 10.8 Å². The molecule has 2 atom stereocenters.